The van der Waals surface area contributed by atoms with E-state index in [-0.39, 0.29) is 18.3 Å². The Morgan fingerprint density at radius 2 is 2.09 bits per heavy atom. The molecule has 0 spiro atoms. The van der Waals surface area contributed by atoms with Crippen LogP contribution in [0.3, 0.4) is 0 Å². The van der Waals surface area contributed by atoms with Crippen molar-refractivity contribution in [2.45, 2.75) is 0 Å². The number of nitrogens with zero attached hydrogens (tertiary/aromatic N) is 1. The van der Waals surface area contributed by atoms with Crippen LogP contribution in [-0.4, -0.2) is 30.9 Å². The smallest absolute Gasteiger partial charge is 0.277 e. The highest BCUT2D eigenvalue weighted by Gasteiger charge is 2.04. The Kier molecular flexibility index (Phi) is 5.99. The van der Waals surface area contributed by atoms with E-state index >= 15 is 0 Å². The number of ether oxygens (including phenoxy) is 2. The topological polar surface area (TPSA) is 80.2 Å². The molecule has 23 heavy (non-hydrogen) atoms. The second kappa shape index (κ2) is 8.19. The van der Waals surface area contributed by atoms with Crippen LogP contribution in [0.25, 0.3) is 0 Å². The van der Waals surface area contributed by atoms with E-state index in [9.17, 15) is 9.90 Å². The fraction of sp³-hybridized carbons (Fsp3) is 0.125. The van der Waals surface area contributed by atoms with Gasteiger partial charge in [-0.2, -0.15) is 5.10 Å². The first kappa shape index (κ1) is 16.8. The summed E-state index contributed by atoms with van der Waals surface area (Å²) in [6.45, 7) is -0.154. The molecule has 0 radical (unpaired) electrons. The first-order valence-corrected chi connectivity index (χ1v) is 7.45. The lowest BCUT2D eigenvalue weighted by Crippen LogP contribution is -2.24. The number of phenolic OH excluding ortho intramolecular Hbond substituents is 1. The minimum Gasteiger partial charge on any atom is -0.504 e. The number of methoxy groups -OCH3 is 1. The van der Waals surface area contributed by atoms with Crippen molar-refractivity contribution in [2.75, 3.05) is 13.7 Å². The van der Waals surface area contributed by atoms with Gasteiger partial charge < -0.3 is 14.6 Å². The average Bonchev–Trinajstić information content (AvgIpc) is 2.55. The molecule has 2 aromatic carbocycles. The fourth-order valence-electron chi connectivity index (χ4n) is 1.69. The third kappa shape index (κ3) is 5.00. The molecule has 0 atom stereocenters. The quantitative estimate of drug-likeness (QED) is 0.598. The molecule has 0 aromatic heterocycles. The lowest BCUT2D eigenvalue weighted by Gasteiger charge is -2.06. The van der Waals surface area contributed by atoms with E-state index in [1.54, 1.807) is 18.2 Å². The van der Waals surface area contributed by atoms with Crippen molar-refractivity contribution in [1.82, 2.24) is 5.43 Å². The average molecular weight is 379 g/mol. The Morgan fingerprint density at radius 1 is 1.30 bits per heavy atom. The normalized spacial score (nSPS) is 10.5. The van der Waals surface area contributed by atoms with Crippen LogP contribution in [0.4, 0.5) is 0 Å². The van der Waals surface area contributed by atoms with Crippen molar-refractivity contribution < 1.29 is 19.4 Å². The van der Waals surface area contributed by atoms with Crippen LogP contribution in [0.5, 0.6) is 17.2 Å². The molecule has 0 aliphatic carbocycles. The number of para-hydroxylation sites is 1. The molecule has 2 N–H and O–H groups in total. The maximum absolute atomic E-state index is 11.7. The summed E-state index contributed by atoms with van der Waals surface area (Å²) in [5.41, 5.74) is 3.03. The van der Waals surface area contributed by atoms with Crippen LogP contribution < -0.4 is 14.9 Å². The van der Waals surface area contributed by atoms with E-state index in [4.69, 9.17) is 9.47 Å². The molecule has 0 fully saturated rings. The Morgan fingerprint density at radius 3 is 2.83 bits per heavy atom. The molecule has 0 bridgehead atoms. The summed E-state index contributed by atoms with van der Waals surface area (Å²) >= 11 is 3.33. The van der Waals surface area contributed by atoms with Crippen molar-refractivity contribution in [3.63, 3.8) is 0 Å². The van der Waals surface area contributed by atoms with Gasteiger partial charge in [0.2, 0.25) is 0 Å². The number of hydrogen-bond acceptors (Lipinski definition) is 5. The number of rotatable bonds is 6. The highest BCUT2D eigenvalue weighted by Crippen LogP contribution is 2.25. The predicted molar refractivity (Wildman–Crippen MR) is 90.0 cm³/mol. The van der Waals surface area contributed by atoms with Crippen molar-refractivity contribution in [2.24, 2.45) is 5.10 Å². The summed E-state index contributed by atoms with van der Waals surface area (Å²) in [4.78, 5) is 11.7. The van der Waals surface area contributed by atoms with Crippen LogP contribution in [0.15, 0.2) is 52.0 Å². The van der Waals surface area contributed by atoms with Crippen LogP contribution in [-0.2, 0) is 4.79 Å². The Hall–Kier alpha value is -2.54. The fourth-order valence-corrected chi connectivity index (χ4v) is 2.09. The summed E-state index contributed by atoms with van der Waals surface area (Å²) in [6.07, 6.45) is 1.44. The van der Waals surface area contributed by atoms with Gasteiger partial charge in [-0.1, -0.05) is 12.1 Å². The molecular formula is C16H15BrN2O4. The summed E-state index contributed by atoms with van der Waals surface area (Å²) in [7, 11) is 1.46. The number of hydrazone groups is 1. The Balaban J connectivity index is 1.85. The van der Waals surface area contributed by atoms with Crippen LogP contribution in [0.1, 0.15) is 5.56 Å². The Labute approximate surface area is 141 Å². The Bertz CT molecular complexity index is 719. The van der Waals surface area contributed by atoms with E-state index < -0.39 is 0 Å². The summed E-state index contributed by atoms with van der Waals surface area (Å²) in [5, 5.41) is 13.3. The molecule has 6 nitrogen and oxygen atoms in total. The van der Waals surface area contributed by atoms with Gasteiger partial charge >= 0.3 is 0 Å². The monoisotopic (exact) mass is 378 g/mol. The molecule has 120 valence electrons. The lowest BCUT2D eigenvalue weighted by molar-refractivity contribution is -0.123. The van der Waals surface area contributed by atoms with E-state index in [0.29, 0.717) is 17.1 Å². The summed E-state index contributed by atoms with van der Waals surface area (Å²) in [5.74, 6) is 0.561. The number of carbonyl (C=O) groups is 1. The minimum atomic E-state index is -0.386. The molecule has 0 aliphatic rings. The number of carbonyl (C=O) groups excluding carboxylic acids is 1. The standard InChI is InChI=1S/C16H15BrN2O4/c1-22-15-8-11(6-7-13(15)20)9-18-19-16(21)10-23-14-5-3-2-4-12(14)17/h2-9,20H,10H2,1H3,(H,19,21)/b18-9+. The maximum Gasteiger partial charge on any atom is 0.277 e. The maximum atomic E-state index is 11.7. The number of benzene rings is 2. The number of amides is 1. The predicted octanol–water partition coefficient (Wildman–Crippen LogP) is 2.69. The number of aromatic hydroxyl groups is 1. The zero-order valence-electron chi connectivity index (χ0n) is 12.3. The van der Waals surface area contributed by atoms with Gasteiger partial charge in [-0.15, -0.1) is 0 Å². The van der Waals surface area contributed by atoms with Gasteiger partial charge in [0.1, 0.15) is 5.75 Å². The van der Waals surface area contributed by atoms with Gasteiger partial charge in [-0.25, -0.2) is 5.43 Å². The van der Waals surface area contributed by atoms with Gasteiger partial charge in [0.05, 0.1) is 17.8 Å². The van der Waals surface area contributed by atoms with Gasteiger partial charge in [-0.3, -0.25) is 4.79 Å². The number of phenols is 1. The first-order valence-electron chi connectivity index (χ1n) is 6.66. The zero-order chi connectivity index (χ0) is 16.7. The third-order valence-corrected chi connectivity index (χ3v) is 3.46. The van der Waals surface area contributed by atoms with Crippen molar-refractivity contribution in [3.8, 4) is 17.2 Å². The minimum absolute atomic E-state index is 0.0375. The summed E-state index contributed by atoms with van der Waals surface area (Å²) < 4.78 is 11.1. The molecule has 1 amide bonds. The highest BCUT2D eigenvalue weighted by atomic mass is 79.9. The molecule has 2 rings (SSSR count). The molecule has 0 heterocycles. The van der Waals surface area contributed by atoms with Crippen LogP contribution >= 0.6 is 15.9 Å². The molecule has 0 aliphatic heterocycles. The lowest BCUT2D eigenvalue weighted by atomic mass is 10.2. The van der Waals surface area contributed by atoms with Gasteiger partial charge in [0.15, 0.2) is 18.1 Å². The second-order valence-corrected chi connectivity index (χ2v) is 5.30. The van der Waals surface area contributed by atoms with Crippen LogP contribution in [0, 0.1) is 0 Å². The van der Waals surface area contributed by atoms with Gasteiger partial charge in [-0.05, 0) is 51.8 Å². The molecule has 0 unspecified atom stereocenters. The van der Waals surface area contributed by atoms with E-state index in [1.807, 2.05) is 18.2 Å². The molecular weight excluding hydrogens is 364 g/mol. The van der Waals surface area contributed by atoms with Crippen molar-refractivity contribution in [3.05, 3.63) is 52.5 Å². The molecule has 0 saturated heterocycles. The molecule has 7 heteroatoms. The number of nitrogens with one attached hydrogen (secondary N) is 1. The van der Waals surface area contributed by atoms with E-state index in [2.05, 4.69) is 26.5 Å². The van der Waals surface area contributed by atoms with Gasteiger partial charge in [0, 0.05) is 0 Å². The second-order valence-electron chi connectivity index (χ2n) is 4.44. The largest absolute Gasteiger partial charge is 0.504 e. The summed E-state index contributed by atoms with van der Waals surface area (Å²) in [6, 6.07) is 12.0. The van der Waals surface area contributed by atoms with Crippen molar-refractivity contribution in [1.29, 1.82) is 0 Å². The number of halogens is 1. The molecule has 0 saturated carbocycles. The van der Waals surface area contributed by atoms with Crippen LogP contribution in [0.2, 0.25) is 0 Å². The van der Waals surface area contributed by atoms with E-state index in [0.717, 1.165) is 4.47 Å². The first-order chi connectivity index (χ1) is 11.1. The highest BCUT2D eigenvalue weighted by molar-refractivity contribution is 9.10. The number of hydrogen-bond donors (Lipinski definition) is 2. The van der Waals surface area contributed by atoms with Crippen molar-refractivity contribution >= 4 is 28.1 Å². The van der Waals surface area contributed by atoms with Gasteiger partial charge in [0.25, 0.3) is 5.91 Å². The molecule has 2 aromatic rings. The van der Waals surface area contributed by atoms with E-state index in [1.165, 1.54) is 19.4 Å². The third-order valence-electron chi connectivity index (χ3n) is 2.80. The SMILES string of the molecule is COc1cc(/C=N/NC(=O)COc2ccccc2Br)ccc1O. The zero-order valence-corrected chi connectivity index (χ0v) is 13.9.